The molecule has 0 amide bonds. The SMILES string of the molecule is CC1CCCN(Cc2nc(C(C)(C)N)no2)CC1. The second kappa shape index (κ2) is 5.36. The van der Waals surface area contributed by atoms with Crippen LogP contribution in [-0.4, -0.2) is 28.1 Å². The number of hydrogen-bond acceptors (Lipinski definition) is 5. The van der Waals surface area contributed by atoms with Crippen LogP contribution in [0.5, 0.6) is 0 Å². The molecule has 5 nitrogen and oxygen atoms in total. The summed E-state index contributed by atoms with van der Waals surface area (Å²) in [7, 11) is 0. The Labute approximate surface area is 109 Å². The summed E-state index contributed by atoms with van der Waals surface area (Å²) in [6.45, 7) is 9.07. The van der Waals surface area contributed by atoms with Crippen molar-refractivity contribution >= 4 is 0 Å². The van der Waals surface area contributed by atoms with E-state index in [-0.39, 0.29) is 0 Å². The summed E-state index contributed by atoms with van der Waals surface area (Å²) in [5.74, 6) is 2.09. The van der Waals surface area contributed by atoms with Crippen LogP contribution in [0.15, 0.2) is 4.52 Å². The molecule has 0 aromatic carbocycles. The molecule has 2 N–H and O–H groups in total. The third-order valence-corrected chi connectivity index (χ3v) is 3.51. The molecule has 0 spiro atoms. The van der Waals surface area contributed by atoms with Crippen molar-refractivity contribution in [3.8, 4) is 0 Å². The molecule has 1 aliphatic rings. The largest absolute Gasteiger partial charge is 0.338 e. The van der Waals surface area contributed by atoms with Crippen molar-refractivity contribution in [1.29, 1.82) is 0 Å². The predicted octanol–water partition coefficient (Wildman–Crippen LogP) is 1.89. The zero-order chi connectivity index (χ0) is 13.2. The lowest BCUT2D eigenvalue weighted by atomic mass is 10.0. The fourth-order valence-corrected chi connectivity index (χ4v) is 2.25. The van der Waals surface area contributed by atoms with E-state index in [0.29, 0.717) is 11.7 Å². The second-order valence-corrected chi connectivity index (χ2v) is 6.05. The zero-order valence-corrected chi connectivity index (χ0v) is 11.6. The van der Waals surface area contributed by atoms with Crippen molar-refractivity contribution in [1.82, 2.24) is 15.0 Å². The van der Waals surface area contributed by atoms with E-state index in [0.717, 1.165) is 25.6 Å². The van der Waals surface area contributed by atoms with Crippen molar-refractivity contribution in [2.75, 3.05) is 13.1 Å². The molecule has 0 radical (unpaired) electrons. The Morgan fingerprint density at radius 3 is 2.83 bits per heavy atom. The fraction of sp³-hybridized carbons (Fsp3) is 0.846. The quantitative estimate of drug-likeness (QED) is 0.889. The first-order chi connectivity index (χ1) is 8.45. The number of aromatic nitrogens is 2. The minimum atomic E-state index is -0.533. The van der Waals surface area contributed by atoms with Gasteiger partial charge in [-0.25, -0.2) is 0 Å². The van der Waals surface area contributed by atoms with Crippen molar-refractivity contribution in [3.63, 3.8) is 0 Å². The Morgan fingerprint density at radius 2 is 2.17 bits per heavy atom. The Kier molecular flexibility index (Phi) is 4.02. The van der Waals surface area contributed by atoms with Crippen LogP contribution in [0.4, 0.5) is 0 Å². The summed E-state index contributed by atoms with van der Waals surface area (Å²) in [6, 6.07) is 0. The van der Waals surface area contributed by atoms with E-state index in [4.69, 9.17) is 10.3 Å². The standard InChI is InChI=1S/C13H24N4O/c1-10-5-4-7-17(8-6-10)9-11-15-12(16-18-11)13(2,3)14/h10H,4-9,14H2,1-3H3. The van der Waals surface area contributed by atoms with Crippen molar-refractivity contribution in [2.45, 2.75) is 52.1 Å². The van der Waals surface area contributed by atoms with Gasteiger partial charge in [0, 0.05) is 0 Å². The summed E-state index contributed by atoms with van der Waals surface area (Å²) in [5, 5.41) is 3.95. The van der Waals surface area contributed by atoms with Gasteiger partial charge in [-0.2, -0.15) is 4.98 Å². The first-order valence-corrected chi connectivity index (χ1v) is 6.79. The summed E-state index contributed by atoms with van der Waals surface area (Å²) in [5.41, 5.74) is 5.42. The highest BCUT2D eigenvalue weighted by Gasteiger charge is 2.22. The van der Waals surface area contributed by atoms with Crippen molar-refractivity contribution in [3.05, 3.63) is 11.7 Å². The Hall–Kier alpha value is -0.940. The normalized spacial score (nSPS) is 23.0. The maximum Gasteiger partial charge on any atom is 0.240 e. The summed E-state index contributed by atoms with van der Waals surface area (Å²) >= 11 is 0. The summed E-state index contributed by atoms with van der Waals surface area (Å²) < 4.78 is 5.28. The van der Waals surface area contributed by atoms with E-state index in [1.54, 1.807) is 0 Å². The molecule has 2 heterocycles. The van der Waals surface area contributed by atoms with E-state index in [1.807, 2.05) is 13.8 Å². The van der Waals surface area contributed by atoms with Crippen LogP contribution in [0, 0.1) is 5.92 Å². The van der Waals surface area contributed by atoms with Gasteiger partial charge in [0.25, 0.3) is 0 Å². The molecule has 18 heavy (non-hydrogen) atoms. The third kappa shape index (κ3) is 3.53. The molecule has 1 unspecified atom stereocenters. The van der Waals surface area contributed by atoms with Gasteiger partial charge in [-0.1, -0.05) is 12.1 Å². The third-order valence-electron chi connectivity index (χ3n) is 3.51. The average molecular weight is 252 g/mol. The molecule has 2 rings (SSSR count). The van der Waals surface area contributed by atoms with Gasteiger partial charge < -0.3 is 10.3 Å². The molecule has 1 aromatic heterocycles. The van der Waals surface area contributed by atoms with Gasteiger partial charge in [0.2, 0.25) is 5.89 Å². The Balaban J connectivity index is 1.95. The van der Waals surface area contributed by atoms with Gasteiger partial charge in [0.05, 0.1) is 12.1 Å². The lowest BCUT2D eigenvalue weighted by Crippen LogP contribution is -2.30. The van der Waals surface area contributed by atoms with Crippen LogP contribution in [-0.2, 0) is 12.1 Å². The molecule has 1 aromatic rings. The molecular formula is C13H24N4O. The fourth-order valence-electron chi connectivity index (χ4n) is 2.25. The van der Waals surface area contributed by atoms with Crippen LogP contribution < -0.4 is 5.73 Å². The van der Waals surface area contributed by atoms with E-state index < -0.39 is 5.54 Å². The molecule has 5 heteroatoms. The van der Waals surface area contributed by atoms with E-state index in [1.165, 1.54) is 19.3 Å². The zero-order valence-electron chi connectivity index (χ0n) is 11.6. The van der Waals surface area contributed by atoms with Gasteiger partial charge in [-0.15, -0.1) is 0 Å². The molecule has 1 saturated heterocycles. The maximum absolute atomic E-state index is 5.95. The minimum absolute atomic E-state index is 0.533. The number of nitrogens with two attached hydrogens (primary N) is 1. The first-order valence-electron chi connectivity index (χ1n) is 6.79. The van der Waals surface area contributed by atoms with Gasteiger partial charge in [0.15, 0.2) is 5.82 Å². The smallest absolute Gasteiger partial charge is 0.240 e. The number of nitrogens with zero attached hydrogens (tertiary/aromatic N) is 3. The maximum atomic E-state index is 5.95. The highest BCUT2D eigenvalue weighted by molar-refractivity contribution is 4.99. The lowest BCUT2D eigenvalue weighted by Gasteiger charge is -2.17. The van der Waals surface area contributed by atoms with Crippen LogP contribution in [0.3, 0.4) is 0 Å². The number of hydrogen-bond donors (Lipinski definition) is 1. The second-order valence-electron chi connectivity index (χ2n) is 6.05. The topological polar surface area (TPSA) is 68.2 Å². The van der Waals surface area contributed by atoms with Gasteiger partial charge in [0.1, 0.15) is 0 Å². The summed E-state index contributed by atoms with van der Waals surface area (Å²) in [6.07, 6.45) is 3.83. The van der Waals surface area contributed by atoms with Crippen LogP contribution in [0.2, 0.25) is 0 Å². The van der Waals surface area contributed by atoms with Crippen molar-refractivity contribution < 1.29 is 4.52 Å². The van der Waals surface area contributed by atoms with Gasteiger partial charge in [-0.3, -0.25) is 4.90 Å². The summed E-state index contributed by atoms with van der Waals surface area (Å²) in [4.78, 5) is 6.77. The number of likely N-dealkylation sites (tertiary alicyclic amines) is 1. The highest BCUT2D eigenvalue weighted by atomic mass is 16.5. The molecule has 1 aliphatic heterocycles. The first kappa shape index (κ1) is 13.5. The van der Waals surface area contributed by atoms with E-state index in [2.05, 4.69) is 22.0 Å². The molecule has 1 atom stereocenters. The predicted molar refractivity (Wildman–Crippen MR) is 69.8 cm³/mol. The monoisotopic (exact) mass is 252 g/mol. The van der Waals surface area contributed by atoms with Gasteiger partial charge >= 0.3 is 0 Å². The van der Waals surface area contributed by atoms with Crippen LogP contribution in [0.25, 0.3) is 0 Å². The highest BCUT2D eigenvalue weighted by Crippen LogP contribution is 2.18. The molecule has 0 bridgehead atoms. The van der Waals surface area contributed by atoms with Crippen molar-refractivity contribution in [2.24, 2.45) is 11.7 Å². The van der Waals surface area contributed by atoms with Crippen LogP contribution >= 0.6 is 0 Å². The van der Waals surface area contributed by atoms with E-state index in [9.17, 15) is 0 Å². The minimum Gasteiger partial charge on any atom is -0.338 e. The van der Waals surface area contributed by atoms with Gasteiger partial charge in [-0.05, 0) is 52.1 Å². The molecule has 0 aliphatic carbocycles. The Morgan fingerprint density at radius 1 is 1.39 bits per heavy atom. The molecular weight excluding hydrogens is 228 g/mol. The molecule has 0 saturated carbocycles. The van der Waals surface area contributed by atoms with E-state index >= 15 is 0 Å². The average Bonchev–Trinajstić information content (AvgIpc) is 2.65. The van der Waals surface area contributed by atoms with Crippen LogP contribution in [0.1, 0.15) is 51.7 Å². The Bertz CT molecular complexity index is 383. The lowest BCUT2D eigenvalue weighted by molar-refractivity contribution is 0.231. The molecule has 102 valence electrons. The number of rotatable bonds is 3. The molecule has 1 fully saturated rings.